The van der Waals surface area contributed by atoms with Gasteiger partial charge in [-0.3, -0.25) is 0 Å². The molecule has 2 rings (SSSR count). The minimum atomic E-state index is -0.252. The van der Waals surface area contributed by atoms with Gasteiger partial charge in [-0.15, -0.1) is 0 Å². The Bertz CT molecular complexity index is 578. The van der Waals surface area contributed by atoms with Crippen LogP contribution in [0.25, 0.3) is 6.20 Å². The van der Waals surface area contributed by atoms with E-state index < -0.39 is 0 Å². The smallest absolute Gasteiger partial charge is 0.137 e. The van der Waals surface area contributed by atoms with E-state index in [9.17, 15) is 4.39 Å². The number of aromatic nitrogens is 2. The molecule has 0 unspecified atom stereocenters. The second kappa shape index (κ2) is 5.35. The summed E-state index contributed by atoms with van der Waals surface area (Å²) in [5.41, 5.74) is 2.80. The lowest BCUT2D eigenvalue weighted by Gasteiger charge is -2.09. The van der Waals surface area contributed by atoms with Gasteiger partial charge in [0, 0.05) is 30.2 Å². The van der Waals surface area contributed by atoms with E-state index in [0.29, 0.717) is 11.0 Å². The van der Waals surface area contributed by atoms with Crippen LogP contribution in [0.1, 0.15) is 11.1 Å². The molecular weight excluding hydrogens is 297 g/mol. The Kier molecular flexibility index (Phi) is 3.81. The van der Waals surface area contributed by atoms with Gasteiger partial charge < -0.3 is 5.32 Å². The molecule has 0 amide bonds. The first kappa shape index (κ1) is 12.8. The van der Waals surface area contributed by atoms with Gasteiger partial charge in [-0.05, 0) is 40.5 Å². The first-order valence-electron chi connectivity index (χ1n) is 5.45. The van der Waals surface area contributed by atoms with Crippen molar-refractivity contribution in [2.24, 2.45) is 0 Å². The maximum Gasteiger partial charge on any atom is 0.137 e. The maximum atomic E-state index is 13.3. The summed E-state index contributed by atoms with van der Waals surface area (Å²) in [5.74, 6) is -0.252. The van der Waals surface area contributed by atoms with E-state index in [0.717, 1.165) is 16.8 Å². The Morgan fingerprint density at radius 2 is 2.33 bits per heavy atom. The second-order valence-electron chi connectivity index (χ2n) is 3.95. The Hall–Kier alpha value is -1.62. The lowest BCUT2D eigenvalue weighted by Crippen LogP contribution is -2.01. The van der Waals surface area contributed by atoms with Gasteiger partial charge in [-0.1, -0.05) is 6.58 Å². The lowest BCUT2D eigenvalue weighted by molar-refractivity contribution is 0.620. The average Bonchev–Trinajstić information content (AvgIpc) is 2.80. The molecule has 1 aromatic heterocycles. The molecule has 0 aliphatic carbocycles. The monoisotopic (exact) mass is 309 g/mol. The summed E-state index contributed by atoms with van der Waals surface area (Å²) in [7, 11) is 0. The van der Waals surface area contributed by atoms with Crippen molar-refractivity contribution in [2.75, 3.05) is 5.32 Å². The molecule has 3 nitrogen and oxygen atoms in total. The fraction of sp³-hybridized carbons (Fsp3) is 0.154. The number of anilines is 1. The SMILES string of the molecule is C=Cn1cc(CNc2cc(Br)c(F)cc2C)cn1. The summed E-state index contributed by atoms with van der Waals surface area (Å²) in [6, 6.07) is 3.24. The molecule has 5 heteroatoms. The van der Waals surface area contributed by atoms with Crippen LogP contribution in [0.4, 0.5) is 10.1 Å². The van der Waals surface area contributed by atoms with E-state index in [2.05, 4.69) is 32.9 Å². The Labute approximate surface area is 113 Å². The molecule has 0 saturated carbocycles. The molecule has 0 atom stereocenters. The Balaban J connectivity index is 2.10. The van der Waals surface area contributed by atoms with Gasteiger partial charge in [0.05, 0.1) is 10.7 Å². The normalized spacial score (nSPS) is 10.4. The highest BCUT2D eigenvalue weighted by Crippen LogP contribution is 2.24. The van der Waals surface area contributed by atoms with Crippen LogP contribution in [-0.2, 0) is 6.54 Å². The van der Waals surface area contributed by atoms with Crippen LogP contribution >= 0.6 is 15.9 Å². The molecule has 0 saturated heterocycles. The lowest BCUT2D eigenvalue weighted by atomic mass is 10.2. The molecule has 0 radical (unpaired) electrons. The van der Waals surface area contributed by atoms with E-state index >= 15 is 0 Å². The van der Waals surface area contributed by atoms with Gasteiger partial charge >= 0.3 is 0 Å². The van der Waals surface area contributed by atoms with Gasteiger partial charge in [0.2, 0.25) is 0 Å². The maximum absolute atomic E-state index is 13.3. The minimum absolute atomic E-state index is 0.252. The molecule has 18 heavy (non-hydrogen) atoms. The molecule has 0 aliphatic rings. The zero-order chi connectivity index (χ0) is 13.1. The van der Waals surface area contributed by atoms with Gasteiger partial charge in [0.1, 0.15) is 5.82 Å². The van der Waals surface area contributed by atoms with Crippen molar-refractivity contribution in [3.05, 3.63) is 52.5 Å². The van der Waals surface area contributed by atoms with Crippen LogP contribution in [0.15, 0.2) is 35.6 Å². The van der Waals surface area contributed by atoms with Gasteiger partial charge in [-0.2, -0.15) is 5.10 Å². The summed E-state index contributed by atoms with van der Waals surface area (Å²) in [6.07, 6.45) is 5.28. The molecule has 1 N–H and O–H groups in total. The van der Waals surface area contributed by atoms with Crippen molar-refractivity contribution in [1.29, 1.82) is 0 Å². The van der Waals surface area contributed by atoms with E-state index in [4.69, 9.17) is 0 Å². The largest absolute Gasteiger partial charge is 0.381 e. The van der Waals surface area contributed by atoms with Gasteiger partial charge in [-0.25, -0.2) is 9.07 Å². The standard InChI is InChI=1S/C13H13BrFN3/c1-3-18-8-10(7-17-18)6-16-13-5-11(14)12(15)4-9(13)2/h3-5,7-8,16H,1,6H2,2H3. The van der Waals surface area contributed by atoms with Crippen molar-refractivity contribution in [3.8, 4) is 0 Å². The number of hydrogen-bond donors (Lipinski definition) is 1. The van der Waals surface area contributed by atoms with Crippen molar-refractivity contribution < 1.29 is 4.39 Å². The zero-order valence-corrected chi connectivity index (χ0v) is 11.5. The highest BCUT2D eigenvalue weighted by Gasteiger charge is 2.05. The fourth-order valence-electron chi connectivity index (χ4n) is 1.60. The third-order valence-corrected chi connectivity index (χ3v) is 3.20. The van der Waals surface area contributed by atoms with Crippen LogP contribution in [0.3, 0.4) is 0 Å². The Morgan fingerprint density at radius 1 is 1.56 bits per heavy atom. The molecule has 0 fully saturated rings. The summed E-state index contributed by atoms with van der Waals surface area (Å²) in [5, 5.41) is 7.34. The van der Waals surface area contributed by atoms with E-state index in [1.807, 2.05) is 13.1 Å². The molecule has 1 aromatic carbocycles. The summed E-state index contributed by atoms with van der Waals surface area (Å²) >= 11 is 3.18. The predicted octanol–water partition coefficient (Wildman–Crippen LogP) is 3.81. The molecule has 0 aliphatic heterocycles. The number of hydrogen-bond acceptors (Lipinski definition) is 2. The Morgan fingerprint density at radius 3 is 3.00 bits per heavy atom. The molecule has 2 aromatic rings. The van der Waals surface area contributed by atoms with Gasteiger partial charge in [0.15, 0.2) is 0 Å². The number of nitrogens with one attached hydrogen (secondary N) is 1. The fourth-order valence-corrected chi connectivity index (χ4v) is 1.95. The summed E-state index contributed by atoms with van der Waals surface area (Å²) < 4.78 is 15.4. The van der Waals surface area contributed by atoms with Crippen LogP contribution in [-0.4, -0.2) is 9.78 Å². The van der Waals surface area contributed by atoms with E-state index in [-0.39, 0.29) is 5.82 Å². The van der Waals surface area contributed by atoms with Crippen molar-refractivity contribution in [2.45, 2.75) is 13.5 Å². The highest BCUT2D eigenvalue weighted by atomic mass is 79.9. The summed E-state index contributed by atoms with van der Waals surface area (Å²) in [6.45, 7) is 6.13. The number of rotatable bonds is 4. The topological polar surface area (TPSA) is 29.9 Å². The van der Waals surface area contributed by atoms with Gasteiger partial charge in [0.25, 0.3) is 0 Å². The minimum Gasteiger partial charge on any atom is -0.381 e. The van der Waals surface area contributed by atoms with E-state index in [1.54, 1.807) is 23.1 Å². The molecular formula is C13H13BrFN3. The summed E-state index contributed by atoms with van der Waals surface area (Å²) in [4.78, 5) is 0. The number of halogens is 2. The predicted molar refractivity (Wildman–Crippen MR) is 74.8 cm³/mol. The van der Waals surface area contributed by atoms with Crippen molar-refractivity contribution >= 4 is 27.8 Å². The highest BCUT2D eigenvalue weighted by molar-refractivity contribution is 9.10. The molecule has 1 heterocycles. The van der Waals surface area contributed by atoms with Crippen molar-refractivity contribution in [1.82, 2.24) is 9.78 Å². The van der Waals surface area contributed by atoms with Crippen molar-refractivity contribution in [3.63, 3.8) is 0 Å². The van der Waals surface area contributed by atoms with Crippen LogP contribution < -0.4 is 5.32 Å². The van der Waals surface area contributed by atoms with Crippen LogP contribution in [0.2, 0.25) is 0 Å². The van der Waals surface area contributed by atoms with Crippen LogP contribution in [0.5, 0.6) is 0 Å². The molecule has 94 valence electrons. The molecule has 0 spiro atoms. The van der Waals surface area contributed by atoms with Crippen LogP contribution in [0, 0.1) is 12.7 Å². The first-order valence-corrected chi connectivity index (χ1v) is 6.24. The number of benzene rings is 1. The number of aryl methyl sites for hydroxylation is 1. The average molecular weight is 310 g/mol. The first-order chi connectivity index (χ1) is 8.60. The quantitative estimate of drug-likeness (QED) is 0.931. The third kappa shape index (κ3) is 2.79. The van der Waals surface area contributed by atoms with E-state index in [1.165, 1.54) is 6.07 Å². The number of nitrogens with zero attached hydrogens (tertiary/aromatic N) is 2. The molecule has 0 bridgehead atoms. The second-order valence-corrected chi connectivity index (χ2v) is 4.80. The third-order valence-electron chi connectivity index (χ3n) is 2.59. The zero-order valence-electron chi connectivity index (χ0n) is 9.95.